The standard InChI is InChI=1S/C19H11ClO2S/c20-12-10-16(21-13-6-2-1-3-7-13)18-17(11-12)22-15-9-5-4-8-14(15)19(18)23/h1-11H. The van der Waals surface area contributed by atoms with E-state index in [0.717, 1.165) is 22.1 Å². The molecular weight excluding hydrogens is 328 g/mol. The second-order valence-electron chi connectivity index (χ2n) is 5.12. The first kappa shape index (κ1) is 14.2. The Labute approximate surface area is 142 Å². The molecule has 0 atom stereocenters. The number of hydrogen-bond acceptors (Lipinski definition) is 3. The zero-order valence-corrected chi connectivity index (χ0v) is 13.5. The number of rotatable bonds is 2. The van der Waals surface area contributed by atoms with Crippen LogP contribution in [0.1, 0.15) is 0 Å². The van der Waals surface area contributed by atoms with Crippen LogP contribution in [0.15, 0.2) is 71.1 Å². The zero-order valence-electron chi connectivity index (χ0n) is 12.0. The summed E-state index contributed by atoms with van der Waals surface area (Å²) in [6, 6.07) is 20.7. The van der Waals surface area contributed by atoms with Crippen LogP contribution in [0, 0.1) is 4.51 Å². The Hall–Kier alpha value is -2.36. The minimum atomic E-state index is 0.539. The third-order valence-corrected chi connectivity index (χ3v) is 4.22. The summed E-state index contributed by atoms with van der Waals surface area (Å²) in [5.41, 5.74) is 1.35. The van der Waals surface area contributed by atoms with Crippen molar-refractivity contribution in [1.82, 2.24) is 0 Å². The Morgan fingerprint density at radius 2 is 1.61 bits per heavy atom. The van der Waals surface area contributed by atoms with Gasteiger partial charge < -0.3 is 9.15 Å². The Kier molecular flexibility index (Phi) is 3.52. The Bertz CT molecular complexity index is 1070. The Balaban J connectivity index is 2.03. The number of fused-ring (bicyclic) bond motifs is 2. The minimum Gasteiger partial charge on any atom is -0.456 e. The van der Waals surface area contributed by atoms with E-state index in [1.807, 2.05) is 54.6 Å². The van der Waals surface area contributed by atoms with E-state index in [0.29, 0.717) is 20.9 Å². The molecule has 4 aromatic rings. The van der Waals surface area contributed by atoms with Crippen LogP contribution in [-0.2, 0) is 0 Å². The molecule has 0 unspecified atom stereocenters. The molecule has 3 aromatic carbocycles. The van der Waals surface area contributed by atoms with E-state index in [2.05, 4.69) is 0 Å². The van der Waals surface area contributed by atoms with Crippen LogP contribution >= 0.6 is 23.8 Å². The molecule has 1 aromatic heterocycles. The minimum absolute atomic E-state index is 0.539. The molecule has 0 spiro atoms. The van der Waals surface area contributed by atoms with Gasteiger partial charge in [-0.1, -0.05) is 54.2 Å². The fourth-order valence-corrected chi connectivity index (χ4v) is 3.12. The molecular formula is C19H11ClO2S. The second-order valence-corrected chi connectivity index (χ2v) is 5.96. The van der Waals surface area contributed by atoms with Crippen LogP contribution in [0.3, 0.4) is 0 Å². The molecule has 23 heavy (non-hydrogen) atoms. The van der Waals surface area contributed by atoms with Gasteiger partial charge in [-0.25, -0.2) is 0 Å². The van der Waals surface area contributed by atoms with Crippen molar-refractivity contribution in [3.05, 3.63) is 76.3 Å². The van der Waals surface area contributed by atoms with Crippen LogP contribution in [0.2, 0.25) is 5.02 Å². The van der Waals surface area contributed by atoms with E-state index in [1.54, 1.807) is 12.1 Å². The largest absolute Gasteiger partial charge is 0.456 e. The summed E-state index contributed by atoms with van der Waals surface area (Å²) in [5.74, 6) is 1.32. The summed E-state index contributed by atoms with van der Waals surface area (Å²) in [6.07, 6.45) is 0. The molecule has 0 N–H and O–H groups in total. The van der Waals surface area contributed by atoms with E-state index in [9.17, 15) is 0 Å². The molecule has 1 heterocycles. The quantitative estimate of drug-likeness (QED) is 0.298. The molecule has 0 fully saturated rings. The second kappa shape index (κ2) is 5.69. The summed E-state index contributed by atoms with van der Waals surface area (Å²) >= 11 is 11.9. The van der Waals surface area contributed by atoms with Gasteiger partial charge in [0.2, 0.25) is 0 Å². The summed E-state index contributed by atoms with van der Waals surface area (Å²) in [5, 5.41) is 2.18. The van der Waals surface area contributed by atoms with Crippen molar-refractivity contribution in [2.24, 2.45) is 0 Å². The molecule has 112 valence electrons. The first-order valence-corrected chi connectivity index (χ1v) is 7.89. The molecule has 0 aliphatic carbocycles. The number of hydrogen-bond donors (Lipinski definition) is 0. The molecule has 0 aliphatic rings. The summed E-state index contributed by atoms with van der Waals surface area (Å²) in [7, 11) is 0. The fourth-order valence-electron chi connectivity index (χ4n) is 2.55. The topological polar surface area (TPSA) is 22.4 Å². The highest BCUT2D eigenvalue weighted by molar-refractivity contribution is 7.72. The van der Waals surface area contributed by atoms with E-state index < -0.39 is 0 Å². The van der Waals surface area contributed by atoms with Crippen molar-refractivity contribution in [2.45, 2.75) is 0 Å². The maximum Gasteiger partial charge on any atom is 0.141 e. The van der Waals surface area contributed by atoms with Crippen molar-refractivity contribution in [2.75, 3.05) is 0 Å². The van der Waals surface area contributed by atoms with Gasteiger partial charge in [-0.2, -0.15) is 0 Å². The number of halogens is 1. The van der Waals surface area contributed by atoms with Gasteiger partial charge in [-0.05, 0) is 24.3 Å². The molecule has 4 heteroatoms. The Morgan fingerprint density at radius 1 is 0.870 bits per heavy atom. The van der Waals surface area contributed by atoms with Gasteiger partial charge in [0.15, 0.2) is 0 Å². The van der Waals surface area contributed by atoms with Crippen molar-refractivity contribution in [3.63, 3.8) is 0 Å². The summed E-state index contributed by atoms with van der Waals surface area (Å²) < 4.78 is 12.6. The van der Waals surface area contributed by atoms with E-state index in [1.165, 1.54) is 0 Å². The average Bonchev–Trinajstić information content (AvgIpc) is 2.55. The molecule has 0 saturated carbocycles. The van der Waals surface area contributed by atoms with Gasteiger partial charge in [0.05, 0.1) is 9.90 Å². The molecule has 0 saturated heterocycles. The molecule has 0 radical (unpaired) electrons. The lowest BCUT2D eigenvalue weighted by molar-refractivity contribution is 0.487. The first-order valence-electron chi connectivity index (χ1n) is 7.10. The maximum absolute atomic E-state index is 6.22. The van der Waals surface area contributed by atoms with Gasteiger partial charge in [-0.15, -0.1) is 0 Å². The van der Waals surface area contributed by atoms with Crippen molar-refractivity contribution in [3.8, 4) is 11.5 Å². The van der Waals surface area contributed by atoms with Crippen LogP contribution in [0.4, 0.5) is 0 Å². The highest BCUT2D eigenvalue weighted by Gasteiger charge is 2.12. The predicted octanol–water partition coefficient (Wildman–Crippen LogP) is 6.76. The fraction of sp³-hybridized carbons (Fsp3) is 0. The van der Waals surface area contributed by atoms with Gasteiger partial charge in [0.1, 0.15) is 22.7 Å². The lowest BCUT2D eigenvalue weighted by Gasteiger charge is -2.10. The highest BCUT2D eigenvalue weighted by atomic mass is 35.5. The van der Waals surface area contributed by atoms with Crippen molar-refractivity contribution in [1.29, 1.82) is 0 Å². The van der Waals surface area contributed by atoms with Crippen LogP contribution in [0.25, 0.3) is 21.9 Å². The lowest BCUT2D eigenvalue weighted by Crippen LogP contribution is -1.88. The number of benzene rings is 3. The van der Waals surface area contributed by atoms with Crippen molar-refractivity contribution >= 4 is 45.8 Å². The van der Waals surface area contributed by atoms with Crippen LogP contribution in [0.5, 0.6) is 11.5 Å². The third-order valence-electron chi connectivity index (χ3n) is 3.58. The molecule has 2 nitrogen and oxygen atoms in total. The number of ether oxygens (including phenoxy) is 1. The predicted molar refractivity (Wildman–Crippen MR) is 96.1 cm³/mol. The van der Waals surface area contributed by atoms with Gasteiger partial charge in [-0.3, -0.25) is 0 Å². The maximum atomic E-state index is 6.22. The Morgan fingerprint density at radius 3 is 2.43 bits per heavy atom. The van der Waals surface area contributed by atoms with Gasteiger partial charge in [0, 0.05) is 22.5 Å². The van der Waals surface area contributed by atoms with E-state index in [4.69, 9.17) is 33.0 Å². The third kappa shape index (κ3) is 2.58. The molecule has 0 bridgehead atoms. The highest BCUT2D eigenvalue weighted by Crippen LogP contribution is 2.36. The molecule has 0 amide bonds. The normalized spacial score (nSPS) is 11.0. The number of para-hydroxylation sites is 2. The smallest absolute Gasteiger partial charge is 0.141 e. The van der Waals surface area contributed by atoms with Gasteiger partial charge in [0.25, 0.3) is 0 Å². The summed E-state index contributed by atoms with van der Waals surface area (Å²) in [6.45, 7) is 0. The monoisotopic (exact) mass is 338 g/mol. The van der Waals surface area contributed by atoms with Crippen LogP contribution in [-0.4, -0.2) is 0 Å². The van der Waals surface area contributed by atoms with Crippen molar-refractivity contribution < 1.29 is 9.15 Å². The van der Waals surface area contributed by atoms with E-state index in [-0.39, 0.29) is 0 Å². The van der Waals surface area contributed by atoms with Crippen LogP contribution < -0.4 is 4.74 Å². The summed E-state index contributed by atoms with van der Waals surface area (Å²) in [4.78, 5) is 0. The first-order chi connectivity index (χ1) is 11.2. The van der Waals surface area contributed by atoms with Gasteiger partial charge >= 0.3 is 0 Å². The molecule has 0 aliphatic heterocycles. The SMILES string of the molecule is S=c1c2ccccc2oc2cc(Cl)cc(Oc3ccccc3)c12. The zero-order chi connectivity index (χ0) is 15.8. The van der Waals surface area contributed by atoms with E-state index >= 15 is 0 Å². The average molecular weight is 339 g/mol. The molecule has 4 rings (SSSR count). The lowest BCUT2D eigenvalue weighted by atomic mass is 10.1.